The van der Waals surface area contributed by atoms with E-state index in [1.54, 1.807) is 4.68 Å². The van der Waals surface area contributed by atoms with Crippen molar-refractivity contribution in [1.82, 2.24) is 24.5 Å². The molecule has 5 nitrogen and oxygen atoms in total. The molecule has 0 radical (unpaired) electrons. The predicted octanol–water partition coefficient (Wildman–Crippen LogP) is 6.93. The molecule has 3 heterocycles. The molecular weight excluding hydrogens is 444 g/mol. The molecule has 4 aromatic rings. The van der Waals surface area contributed by atoms with Gasteiger partial charge in [-0.1, -0.05) is 50.3 Å². The van der Waals surface area contributed by atoms with E-state index in [1.165, 1.54) is 5.56 Å². The van der Waals surface area contributed by atoms with Crippen molar-refractivity contribution in [3.63, 3.8) is 0 Å². The van der Waals surface area contributed by atoms with Gasteiger partial charge in [0.2, 0.25) is 5.92 Å². The van der Waals surface area contributed by atoms with Crippen LogP contribution in [0.4, 0.5) is 8.78 Å². The maximum absolute atomic E-state index is 13.8. The Morgan fingerprint density at radius 1 is 1.06 bits per heavy atom. The summed E-state index contributed by atoms with van der Waals surface area (Å²) >= 11 is 0. The average molecular weight is 478 g/mol. The molecule has 1 aliphatic rings. The molecule has 0 amide bonds. The van der Waals surface area contributed by atoms with Crippen molar-refractivity contribution in [3.05, 3.63) is 54.0 Å². The van der Waals surface area contributed by atoms with E-state index in [0.29, 0.717) is 19.4 Å². The monoisotopic (exact) mass is 477 g/mol. The minimum atomic E-state index is -2.52. The first-order valence-corrected chi connectivity index (χ1v) is 12.4. The SMILES string of the molecule is Cc1nnn(C)c1-c1cnc2c(-c3ccc(C(C)(C)C)cc3)cn(CC3CCC(F)(F)CC3)c2c1. The first-order valence-electron chi connectivity index (χ1n) is 12.4. The second-order valence-corrected chi connectivity index (χ2v) is 11.1. The highest BCUT2D eigenvalue weighted by Crippen LogP contribution is 2.39. The van der Waals surface area contributed by atoms with E-state index >= 15 is 0 Å². The summed E-state index contributed by atoms with van der Waals surface area (Å²) in [5.41, 5.74) is 8.19. The molecule has 1 fully saturated rings. The second-order valence-electron chi connectivity index (χ2n) is 11.1. The normalized spacial score (nSPS) is 16.8. The van der Waals surface area contributed by atoms with Gasteiger partial charge in [-0.25, -0.2) is 13.5 Å². The number of aromatic nitrogens is 5. The van der Waals surface area contributed by atoms with Crippen LogP contribution in [0.2, 0.25) is 0 Å². The summed E-state index contributed by atoms with van der Waals surface area (Å²) in [6, 6.07) is 10.8. The van der Waals surface area contributed by atoms with Gasteiger partial charge in [0, 0.05) is 50.0 Å². The average Bonchev–Trinajstić information content (AvgIpc) is 3.33. The number of pyridine rings is 1. The van der Waals surface area contributed by atoms with Crippen LogP contribution in [0, 0.1) is 12.8 Å². The third-order valence-corrected chi connectivity index (χ3v) is 7.34. The highest BCUT2D eigenvalue weighted by molar-refractivity contribution is 5.94. The molecular formula is C28H33F2N5. The number of nitrogens with zero attached hydrogens (tertiary/aromatic N) is 5. The van der Waals surface area contributed by atoms with E-state index in [9.17, 15) is 8.78 Å². The van der Waals surface area contributed by atoms with Gasteiger partial charge in [0.15, 0.2) is 0 Å². The number of hydrogen-bond acceptors (Lipinski definition) is 3. The van der Waals surface area contributed by atoms with Gasteiger partial charge >= 0.3 is 0 Å². The molecule has 5 rings (SSSR count). The molecule has 0 atom stereocenters. The van der Waals surface area contributed by atoms with Crippen LogP contribution in [0.25, 0.3) is 33.4 Å². The Balaban J connectivity index is 1.58. The Labute approximate surface area is 205 Å². The Morgan fingerprint density at radius 2 is 1.74 bits per heavy atom. The Kier molecular flexibility index (Phi) is 5.77. The van der Waals surface area contributed by atoms with E-state index in [0.717, 1.165) is 39.1 Å². The summed E-state index contributed by atoms with van der Waals surface area (Å²) in [7, 11) is 1.88. The molecule has 0 aliphatic heterocycles. The van der Waals surface area contributed by atoms with E-state index in [1.807, 2.05) is 20.2 Å². The topological polar surface area (TPSA) is 48.5 Å². The van der Waals surface area contributed by atoms with Crippen LogP contribution in [0.1, 0.15) is 57.7 Å². The number of fused-ring (bicyclic) bond motifs is 1. The first-order chi connectivity index (χ1) is 16.5. The molecule has 35 heavy (non-hydrogen) atoms. The number of halogens is 2. The number of aryl methyl sites for hydroxylation is 2. The lowest BCUT2D eigenvalue weighted by atomic mass is 9.86. The summed E-state index contributed by atoms with van der Waals surface area (Å²) in [5.74, 6) is -2.29. The van der Waals surface area contributed by atoms with Crippen molar-refractivity contribution in [2.75, 3.05) is 0 Å². The summed E-state index contributed by atoms with van der Waals surface area (Å²) in [4.78, 5) is 4.89. The van der Waals surface area contributed by atoms with E-state index in [2.05, 4.69) is 72.2 Å². The molecule has 0 spiro atoms. The van der Waals surface area contributed by atoms with Gasteiger partial charge in [0.25, 0.3) is 0 Å². The van der Waals surface area contributed by atoms with Gasteiger partial charge < -0.3 is 4.57 Å². The summed E-state index contributed by atoms with van der Waals surface area (Å²) in [5, 5.41) is 8.33. The number of hydrogen-bond donors (Lipinski definition) is 0. The highest BCUT2D eigenvalue weighted by Gasteiger charge is 2.35. The van der Waals surface area contributed by atoms with Crippen LogP contribution in [-0.2, 0) is 19.0 Å². The molecule has 1 saturated carbocycles. The van der Waals surface area contributed by atoms with Crippen molar-refractivity contribution in [2.45, 2.75) is 71.3 Å². The van der Waals surface area contributed by atoms with Gasteiger partial charge in [0.05, 0.1) is 22.4 Å². The van der Waals surface area contributed by atoms with Crippen LogP contribution < -0.4 is 0 Å². The van der Waals surface area contributed by atoms with Crippen LogP contribution >= 0.6 is 0 Å². The fourth-order valence-corrected chi connectivity index (χ4v) is 5.22. The number of rotatable bonds is 4. The van der Waals surface area contributed by atoms with E-state index in [4.69, 9.17) is 4.98 Å². The second kappa shape index (κ2) is 8.54. The molecule has 1 aliphatic carbocycles. The molecule has 0 saturated heterocycles. The first kappa shape index (κ1) is 23.6. The van der Waals surface area contributed by atoms with E-state index < -0.39 is 5.92 Å². The largest absolute Gasteiger partial charge is 0.345 e. The summed E-state index contributed by atoms with van der Waals surface area (Å²) in [6.45, 7) is 9.27. The van der Waals surface area contributed by atoms with E-state index in [-0.39, 0.29) is 24.2 Å². The maximum Gasteiger partial charge on any atom is 0.248 e. The fraction of sp³-hybridized carbons (Fsp3) is 0.464. The lowest BCUT2D eigenvalue weighted by Gasteiger charge is -2.28. The van der Waals surface area contributed by atoms with Gasteiger partial charge in [-0.3, -0.25) is 4.98 Å². The molecule has 7 heteroatoms. The zero-order valence-corrected chi connectivity index (χ0v) is 21.1. The summed E-state index contributed by atoms with van der Waals surface area (Å²) < 4.78 is 31.5. The van der Waals surface area contributed by atoms with Gasteiger partial charge in [0.1, 0.15) is 0 Å². The van der Waals surface area contributed by atoms with Gasteiger partial charge in [-0.15, -0.1) is 5.10 Å². The minimum Gasteiger partial charge on any atom is -0.345 e. The third-order valence-electron chi connectivity index (χ3n) is 7.34. The zero-order valence-electron chi connectivity index (χ0n) is 21.1. The Hall–Kier alpha value is -3.09. The molecule has 1 aromatic carbocycles. The van der Waals surface area contributed by atoms with Crippen LogP contribution in [-0.4, -0.2) is 30.5 Å². The van der Waals surface area contributed by atoms with Crippen molar-refractivity contribution >= 4 is 11.0 Å². The number of alkyl halides is 2. The van der Waals surface area contributed by atoms with Crippen molar-refractivity contribution in [3.8, 4) is 22.4 Å². The zero-order chi connectivity index (χ0) is 25.0. The third kappa shape index (κ3) is 4.60. The van der Waals surface area contributed by atoms with Gasteiger partial charge in [-0.2, -0.15) is 0 Å². The Morgan fingerprint density at radius 3 is 2.34 bits per heavy atom. The fourth-order valence-electron chi connectivity index (χ4n) is 5.22. The molecule has 0 bridgehead atoms. The maximum atomic E-state index is 13.8. The van der Waals surface area contributed by atoms with Gasteiger partial charge in [-0.05, 0) is 48.3 Å². The predicted molar refractivity (Wildman–Crippen MR) is 136 cm³/mol. The molecule has 0 unspecified atom stereocenters. The van der Waals surface area contributed by atoms with Crippen LogP contribution in [0.3, 0.4) is 0 Å². The highest BCUT2D eigenvalue weighted by atomic mass is 19.3. The van der Waals surface area contributed by atoms with Crippen LogP contribution in [0.5, 0.6) is 0 Å². The van der Waals surface area contributed by atoms with Crippen molar-refractivity contribution in [1.29, 1.82) is 0 Å². The standard InChI is InChI=1S/C28H33F2N5/c1-18-26(34(5)33-32-18)21-14-24-25(31-15-21)23(20-6-8-22(9-7-20)27(2,3)4)17-35(24)16-19-10-12-28(29,30)13-11-19/h6-9,14-15,17,19H,10-13,16H2,1-5H3. The molecule has 184 valence electrons. The lowest BCUT2D eigenvalue weighted by Crippen LogP contribution is -2.26. The quantitative estimate of drug-likeness (QED) is 0.320. The lowest BCUT2D eigenvalue weighted by molar-refractivity contribution is -0.0472. The smallest absolute Gasteiger partial charge is 0.248 e. The Bertz CT molecular complexity index is 1330. The molecule has 0 N–H and O–H groups in total. The number of benzene rings is 1. The summed E-state index contributed by atoms with van der Waals surface area (Å²) in [6.07, 6.45) is 5.06. The minimum absolute atomic E-state index is 0.0264. The molecule has 3 aromatic heterocycles. The van der Waals surface area contributed by atoms with Crippen molar-refractivity contribution in [2.24, 2.45) is 13.0 Å². The van der Waals surface area contributed by atoms with Crippen molar-refractivity contribution < 1.29 is 8.78 Å². The van der Waals surface area contributed by atoms with Crippen LogP contribution in [0.15, 0.2) is 42.7 Å².